The Labute approximate surface area is 155 Å². The fourth-order valence-corrected chi connectivity index (χ4v) is 2.72. The number of benzene rings is 2. The van der Waals surface area contributed by atoms with Gasteiger partial charge in [-0.3, -0.25) is 9.59 Å². The van der Waals surface area contributed by atoms with Gasteiger partial charge in [-0.05, 0) is 49.4 Å². The molecule has 2 rings (SSSR count). The van der Waals surface area contributed by atoms with Gasteiger partial charge >= 0.3 is 11.9 Å². The van der Waals surface area contributed by atoms with Crippen LogP contribution in [0.5, 0.6) is 5.75 Å². The summed E-state index contributed by atoms with van der Waals surface area (Å²) < 4.78 is 10.7. The van der Waals surface area contributed by atoms with Crippen molar-refractivity contribution in [3.63, 3.8) is 0 Å². The minimum absolute atomic E-state index is 0.139. The highest BCUT2D eigenvalue weighted by Crippen LogP contribution is 2.27. The maximum Gasteiger partial charge on any atom is 0.310 e. The van der Waals surface area contributed by atoms with Crippen LogP contribution in [-0.2, 0) is 27.2 Å². The summed E-state index contributed by atoms with van der Waals surface area (Å²) in [4.78, 5) is 23.7. The average Bonchev–Trinajstić information content (AvgIpc) is 2.61. The fraction of sp³-hybridized carbons (Fsp3) is 0.364. The fourth-order valence-electron chi connectivity index (χ4n) is 2.72. The third-order valence-electron chi connectivity index (χ3n) is 3.93. The molecule has 0 aliphatic carbocycles. The number of hydrogen-bond acceptors (Lipinski definition) is 4. The Hall–Kier alpha value is -2.62. The molecule has 0 aliphatic rings. The second-order valence-electron chi connectivity index (χ2n) is 6.42. The third kappa shape index (κ3) is 6.03. The minimum Gasteiger partial charge on any atom is -0.463 e. The molecule has 0 fully saturated rings. The van der Waals surface area contributed by atoms with Crippen LogP contribution in [0.15, 0.2) is 48.5 Å². The summed E-state index contributed by atoms with van der Waals surface area (Å²) in [7, 11) is 0. The number of rotatable bonds is 8. The van der Waals surface area contributed by atoms with Crippen LogP contribution in [0.4, 0.5) is 0 Å². The maximum atomic E-state index is 12.0. The van der Waals surface area contributed by atoms with Crippen LogP contribution in [0.3, 0.4) is 0 Å². The van der Waals surface area contributed by atoms with E-state index in [0.717, 1.165) is 16.7 Å². The van der Waals surface area contributed by atoms with Crippen LogP contribution in [0, 0.1) is 0 Å². The Morgan fingerprint density at radius 2 is 1.69 bits per heavy atom. The number of ether oxygens (including phenoxy) is 2. The smallest absolute Gasteiger partial charge is 0.310 e. The molecule has 0 saturated carbocycles. The Bertz CT molecular complexity index is 735. The van der Waals surface area contributed by atoms with Crippen LogP contribution in [0.2, 0.25) is 0 Å². The topological polar surface area (TPSA) is 52.6 Å². The van der Waals surface area contributed by atoms with Gasteiger partial charge in [-0.25, -0.2) is 0 Å². The zero-order valence-electron chi connectivity index (χ0n) is 15.7. The van der Waals surface area contributed by atoms with Crippen molar-refractivity contribution >= 4 is 11.9 Å². The van der Waals surface area contributed by atoms with E-state index in [1.54, 1.807) is 13.0 Å². The third-order valence-corrected chi connectivity index (χ3v) is 3.93. The van der Waals surface area contributed by atoms with Crippen molar-refractivity contribution in [2.45, 2.75) is 52.6 Å². The standard InChI is InChI=1S/C22H26O4/c1-4-21(23)26-20-12-8-11-18(15-17-9-6-5-7-10-17)19(20)13-14-22(24)25-16(2)3/h5-12,16H,4,13-15H2,1-3H3. The van der Waals surface area contributed by atoms with Gasteiger partial charge in [0.05, 0.1) is 6.10 Å². The molecule has 4 heteroatoms. The summed E-state index contributed by atoms with van der Waals surface area (Å²) in [5.74, 6) is -0.00206. The van der Waals surface area contributed by atoms with Crippen molar-refractivity contribution in [3.8, 4) is 5.75 Å². The predicted octanol–water partition coefficient (Wildman–Crippen LogP) is 4.48. The van der Waals surface area contributed by atoms with Gasteiger partial charge in [0, 0.05) is 12.8 Å². The molecule has 4 nitrogen and oxygen atoms in total. The Kier molecular flexibility index (Phi) is 7.39. The molecular weight excluding hydrogens is 328 g/mol. The number of esters is 2. The Balaban J connectivity index is 2.26. The monoisotopic (exact) mass is 354 g/mol. The summed E-state index contributed by atoms with van der Waals surface area (Å²) in [6.07, 6.45) is 1.60. The molecule has 0 bridgehead atoms. The molecule has 0 aliphatic heterocycles. The van der Waals surface area contributed by atoms with E-state index in [1.165, 1.54) is 0 Å². The first kappa shape index (κ1) is 19.7. The summed E-state index contributed by atoms with van der Waals surface area (Å²) in [6.45, 7) is 5.42. The van der Waals surface area contributed by atoms with E-state index in [2.05, 4.69) is 12.1 Å². The molecule has 0 aromatic heterocycles. The largest absolute Gasteiger partial charge is 0.463 e. The van der Waals surface area contributed by atoms with Gasteiger partial charge in [-0.1, -0.05) is 49.4 Å². The maximum absolute atomic E-state index is 12.0. The lowest BCUT2D eigenvalue weighted by Gasteiger charge is -2.15. The van der Waals surface area contributed by atoms with Gasteiger partial charge in [-0.15, -0.1) is 0 Å². The second-order valence-corrected chi connectivity index (χ2v) is 6.42. The lowest BCUT2D eigenvalue weighted by atomic mass is 9.96. The lowest BCUT2D eigenvalue weighted by Crippen LogP contribution is -2.14. The van der Waals surface area contributed by atoms with Crippen LogP contribution in [0.1, 0.15) is 50.3 Å². The molecule has 0 atom stereocenters. The quantitative estimate of drug-likeness (QED) is 0.518. The summed E-state index contributed by atoms with van der Waals surface area (Å²) in [6, 6.07) is 15.8. The summed E-state index contributed by atoms with van der Waals surface area (Å²) in [5.41, 5.74) is 3.10. The molecule has 0 spiro atoms. The van der Waals surface area contributed by atoms with Crippen molar-refractivity contribution < 1.29 is 19.1 Å². The highest BCUT2D eigenvalue weighted by molar-refractivity contribution is 5.73. The SMILES string of the molecule is CCC(=O)Oc1cccc(Cc2ccccc2)c1CCC(=O)OC(C)C. The molecule has 0 amide bonds. The van der Waals surface area contributed by atoms with E-state index < -0.39 is 0 Å². The van der Waals surface area contributed by atoms with Gasteiger partial charge in [0.25, 0.3) is 0 Å². The van der Waals surface area contributed by atoms with Gasteiger partial charge in [0.1, 0.15) is 5.75 Å². The zero-order valence-corrected chi connectivity index (χ0v) is 15.7. The lowest BCUT2D eigenvalue weighted by molar-refractivity contribution is -0.147. The van der Waals surface area contributed by atoms with Gasteiger partial charge < -0.3 is 9.47 Å². The molecule has 0 saturated heterocycles. The molecule has 2 aromatic carbocycles. The van der Waals surface area contributed by atoms with Crippen LogP contribution in [0.25, 0.3) is 0 Å². The molecule has 0 heterocycles. The molecule has 2 aromatic rings. The first-order valence-electron chi connectivity index (χ1n) is 9.04. The molecule has 0 unspecified atom stereocenters. The first-order chi connectivity index (χ1) is 12.5. The normalized spacial score (nSPS) is 10.6. The van der Waals surface area contributed by atoms with E-state index >= 15 is 0 Å². The number of hydrogen-bond donors (Lipinski definition) is 0. The van der Waals surface area contributed by atoms with Crippen molar-refractivity contribution in [2.24, 2.45) is 0 Å². The molecule has 0 N–H and O–H groups in total. The predicted molar refractivity (Wildman–Crippen MR) is 101 cm³/mol. The zero-order chi connectivity index (χ0) is 18.9. The van der Waals surface area contributed by atoms with Crippen molar-refractivity contribution in [3.05, 3.63) is 65.2 Å². The van der Waals surface area contributed by atoms with Crippen LogP contribution < -0.4 is 4.74 Å². The second kappa shape index (κ2) is 9.76. The molecule has 138 valence electrons. The average molecular weight is 354 g/mol. The molecule has 0 radical (unpaired) electrons. The van der Waals surface area contributed by atoms with E-state index in [4.69, 9.17) is 9.47 Å². The van der Waals surface area contributed by atoms with Crippen LogP contribution in [-0.4, -0.2) is 18.0 Å². The van der Waals surface area contributed by atoms with Gasteiger partial charge in [0.2, 0.25) is 0 Å². The van der Waals surface area contributed by atoms with Gasteiger partial charge in [0.15, 0.2) is 0 Å². The van der Waals surface area contributed by atoms with E-state index in [1.807, 2.05) is 44.2 Å². The minimum atomic E-state index is -0.284. The summed E-state index contributed by atoms with van der Waals surface area (Å²) >= 11 is 0. The highest BCUT2D eigenvalue weighted by Gasteiger charge is 2.15. The van der Waals surface area contributed by atoms with E-state index in [-0.39, 0.29) is 24.5 Å². The number of carbonyl (C=O) groups excluding carboxylic acids is 2. The van der Waals surface area contributed by atoms with E-state index in [9.17, 15) is 9.59 Å². The number of carbonyl (C=O) groups is 2. The molecule has 26 heavy (non-hydrogen) atoms. The first-order valence-corrected chi connectivity index (χ1v) is 9.04. The Morgan fingerprint density at radius 1 is 0.962 bits per heavy atom. The highest BCUT2D eigenvalue weighted by atomic mass is 16.5. The summed E-state index contributed by atoms with van der Waals surface area (Å²) in [5, 5.41) is 0. The Morgan fingerprint density at radius 3 is 2.35 bits per heavy atom. The van der Waals surface area contributed by atoms with Crippen LogP contribution >= 0.6 is 0 Å². The van der Waals surface area contributed by atoms with Crippen molar-refractivity contribution in [1.82, 2.24) is 0 Å². The van der Waals surface area contributed by atoms with Gasteiger partial charge in [-0.2, -0.15) is 0 Å². The molecular formula is C22H26O4. The van der Waals surface area contributed by atoms with E-state index in [0.29, 0.717) is 25.0 Å². The van der Waals surface area contributed by atoms with Crippen molar-refractivity contribution in [1.29, 1.82) is 0 Å². The van der Waals surface area contributed by atoms with Crippen molar-refractivity contribution in [2.75, 3.05) is 0 Å².